The Hall–Kier alpha value is -0.370. The molecule has 0 aliphatic heterocycles. The summed E-state index contributed by atoms with van der Waals surface area (Å²) in [5.74, 6) is 3.47. The topological polar surface area (TPSA) is 37.3 Å². The number of hydrogen-bond donors (Lipinski definition) is 1. The minimum Gasteiger partial charge on any atom is -0.390 e. The highest BCUT2D eigenvalue weighted by molar-refractivity contribution is 5.87. The van der Waals surface area contributed by atoms with Crippen molar-refractivity contribution in [2.24, 2.45) is 34.5 Å². The quantitative estimate of drug-likeness (QED) is 0.758. The van der Waals surface area contributed by atoms with Crippen LogP contribution in [0.5, 0.6) is 0 Å². The van der Waals surface area contributed by atoms with Gasteiger partial charge in [-0.2, -0.15) is 0 Å². The van der Waals surface area contributed by atoms with Crippen LogP contribution in [0.1, 0.15) is 85.0 Å². The molecule has 0 aromatic heterocycles. The number of carbonyl (C=O) groups excluding carboxylic acids is 1. The van der Waals surface area contributed by atoms with E-state index in [4.69, 9.17) is 0 Å². The van der Waals surface area contributed by atoms with Crippen molar-refractivity contribution in [3.8, 4) is 0 Å². The van der Waals surface area contributed by atoms with Gasteiger partial charge in [0.05, 0.1) is 5.60 Å². The van der Waals surface area contributed by atoms with Gasteiger partial charge in [-0.1, -0.05) is 20.8 Å². The van der Waals surface area contributed by atoms with Crippen LogP contribution < -0.4 is 0 Å². The van der Waals surface area contributed by atoms with Crippen LogP contribution in [-0.4, -0.2) is 16.5 Å². The van der Waals surface area contributed by atoms with Crippen LogP contribution in [0.4, 0.5) is 0 Å². The summed E-state index contributed by atoms with van der Waals surface area (Å²) in [6.07, 6.45) is 11.0. The molecular weight excluding hydrogens is 284 g/mol. The van der Waals surface area contributed by atoms with E-state index in [2.05, 4.69) is 20.8 Å². The summed E-state index contributed by atoms with van der Waals surface area (Å²) in [6, 6.07) is 0. The lowest BCUT2D eigenvalue weighted by molar-refractivity contribution is -0.154. The molecule has 0 spiro atoms. The first-order valence-electron chi connectivity index (χ1n) is 10.1. The van der Waals surface area contributed by atoms with Crippen molar-refractivity contribution in [3.05, 3.63) is 0 Å². The lowest BCUT2D eigenvalue weighted by Gasteiger charge is -2.61. The molecule has 7 atom stereocenters. The third-order valence-electron chi connectivity index (χ3n) is 9.19. The summed E-state index contributed by atoms with van der Waals surface area (Å²) in [4.78, 5) is 12.5. The van der Waals surface area contributed by atoms with Gasteiger partial charge in [0.1, 0.15) is 5.78 Å². The molecule has 0 aromatic rings. The van der Waals surface area contributed by atoms with Gasteiger partial charge in [-0.15, -0.1) is 0 Å². The minimum atomic E-state index is -0.399. The van der Waals surface area contributed by atoms with Gasteiger partial charge >= 0.3 is 0 Å². The van der Waals surface area contributed by atoms with Crippen LogP contribution in [0.25, 0.3) is 0 Å². The highest BCUT2D eigenvalue weighted by Crippen LogP contribution is 2.66. The van der Waals surface area contributed by atoms with Gasteiger partial charge in [0.15, 0.2) is 0 Å². The molecule has 1 N–H and O–H groups in total. The van der Waals surface area contributed by atoms with Crippen LogP contribution >= 0.6 is 0 Å². The summed E-state index contributed by atoms with van der Waals surface area (Å²) in [5, 5.41) is 10.8. The lowest BCUT2D eigenvalue weighted by Crippen LogP contribution is -2.55. The second-order valence-corrected chi connectivity index (χ2v) is 9.86. The summed E-state index contributed by atoms with van der Waals surface area (Å²) in [6.45, 7) is 6.95. The van der Waals surface area contributed by atoms with Crippen molar-refractivity contribution in [1.82, 2.24) is 0 Å². The van der Waals surface area contributed by atoms with Gasteiger partial charge < -0.3 is 5.11 Å². The Morgan fingerprint density at radius 1 is 1.04 bits per heavy atom. The number of aliphatic hydroxyl groups is 1. The monoisotopic (exact) mass is 318 g/mol. The highest BCUT2D eigenvalue weighted by Gasteiger charge is 2.61. The Morgan fingerprint density at radius 2 is 1.83 bits per heavy atom. The average Bonchev–Trinajstić information content (AvgIpc) is 2.84. The fourth-order valence-corrected chi connectivity index (χ4v) is 7.41. The van der Waals surface area contributed by atoms with E-state index in [1.807, 2.05) is 0 Å². The Labute approximate surface area is 141 Å². The molecule has 4 fully saturated rings. The number of Topliss-reactive ketones (excluding diaryl/α,β-unsaturated/α-hetero) is 1. The smallest absolute Gasteiger partial charge is 0.139 e. The predicted molar refractivity (Wildman–Crippen MR) is 92.0 cm³/mol. The molecule has 2 heteroatoms. The molecule has 0 radical (unpaired) electrons. The van der Waals surface area contributed by atoms with Gasteiger partial charge in [-0.05, 0) is 86.9 Å². The van der Waals surface area contributed by atoms with Crippen LogP contribution in [0.3, 0.4) is 0 Å². The molecule has 0 heterocycles. The van der Waals surface area contributed by atoms with Gasteiger partial charge in [0.25, 0.3) is 0 Å². The fourth-order valence-electron chi connectivity index (χ4n) is 7.41. The zero-order chi connectivity index (χ0) is 16.5. The van der Waals surface area contributed by atoms with Crippen molar-refractivity contribution >= 4 is 5.78 Å². The Balaban J connectivity index is 1.61. The van der Waals surface area contributed by atoms with Crippen molar-refractivity contribution in [1.29, 1.82) is 0 Å². The van der Waals surface area contributed by atoms with E-state index < -0.39 is 5.60 Å². The largest absolute Gasteiger partial charge is 0.390 e. The van der Waals surface area contributed by atoms with Gasteiger partial charge in [0.2, 0.25) is 0 Å². The average molecular weight is 319 g/mol. The number of fused-ring (bicyclic) bond motifs is 5. The Kier molecular flexibility index (Phi) is 3.55. The molecular formula is C21H34O2. The van der Waals surface area contributed by atoms with E-state index in [9.17, 15) is 9.90 Å². The van der Waals surface area contributed by atoms with Crippen LogP contribution in [0.15, 0.2) is 0 Å². The van der Waals surface area contributed by atoms with Gasteiger partial charge in [-0.25, -0.2) is 0 Å². The van der Waals surface area contributed by atoms with Crippen molar-refractivity contribution in [3.63, 3.8) is 0 Å². The van der Waals surface area contributed by atoms with Crippen LogP contribution in [0.2, 0.25) is 0 Å². The van der Waals surface area contributed by atoms with E-state index in [1.54, 1.807) is 0 Å². The highest BCUT2D eigenvalue weighted by atomic mass is 16.3. The molecule has 0 bridgehead atoms. The normalized spacial score (nSPS) is 55.9. The van der Waals surface area contributed by atoms with Crippen LogP contribution in [0, 0.1) is 34.5 Å². The lowest BCUT2D eigenvalue weighted by atomic mass is 9.44. The molecule has 4 aliphatic rings. The summed E-state index contributed by atoms with van der Waals surface area (Å²) < 4.78 is 0. The molecule has 0 saturated heterocycles. The molecule has 2 nitrogen and oxygen atoms in total. The maximum Gasteiger partial charge on any atom is 0.139 e. The molecule has 130 valence electrons. The zero-order valence-corrected chi connectivity index (χ0v) is 15.2. The second kappa shape index (κ2) is 5.07. The van der Waals surface area contributed by atoms with Crippen LogP contribution in [-0.2, 0) is 4.79 Å². The third kappa shape index (κ3) is 2.12. The first-order chi connectivity index (χ1) is 10.8. The standard InChI is InChI=1S/C21H34O2/c1-4-21(23)12-11-19(2)14(13-21)5-6-15-16-7-8-18(22)20(16,3)10-9-17(15)19/h14-17,23H,4-13H2,1-3H3/t14-,15+,16+,17-,19-,20-,21+/m0/s1. The SMILES string of the molecule is CC[C@@]1(O)CC[C@@]2(C)[C@@H](CC[C@@H]3[C@H]4CCC(=O)[C@@]4(C)CC[C@@H]32)C1. The molecule has 0 unspecified atom stereocenters. The Morgan fingerprint density at radius 3 is 2.57 bits per heavy atom. The summed E-state index contributed by atoms with van der Waals surface area (Å²) in [7, 11) is 0. The number of ketones is 1. The van der Waals surface area contributed by atoms with Crippen molar-refractivity contribution in [2.45, 2.75) is 90.6 Å². The zero-order valence-electron chi connectivity index (χ0n) is 15.2. The fraction of sp³-hybridized carbons (Fsp3) is 0.952. The molecule has 23 heavy (non-hydrogen) atoms. The molecule has 4 saturated carbocycles. The Bertz CT molecular complexity index is 514. The number of hydrogen-bond acceptors (Lipinski definition) is 2. The summed E-state index contributed by atoms with van der Waals surface area (Å²) in [5.41, 5.74) is 0.0178. The van der Waals surface area contributed by atoms with E-state index >= 15 is 0 Å². The molecule has 4 aliphatic carbocycles. The maximum absolute atomic E-state index is 12.5. The van der Waals surface area contributed by atoms with E-state index in [-0.39, 0.29) is 5.41 Å². The molecule has 0 amide bonds. The second-order valence-electron chi connectivity index (χ2n) is 9.86. The number of carbonyl (C=O) groups is 1. The van der Waals surface area contributed by atoms with E-state index in [0.29, 0.717) is 23.0 Å². The molecule has 4 rings (SSSR count). The first-order valence-corrected chi connectivity index (χ1v) is 10.1. The van der Waals surface area contributed by atoms with E-state index in [0.717, 1.165) is 50.4 Å². The first kappa shape index (κ1) is 16.1. The predicted octanol–water partition coefficient (Wildman–Crippen LogP) is 4.74. The van der Waals surface area contributed by atoms with Gasteiger partial charge in [0, 0.05) is 11.8 Å². The van der Waals surface area contributed by atoms with Gasteiger partial charge in [-0.3, -0.25) is 4.79 Å². The maximum atomic E-state index is 12.5. The summed E-state index contributed by atoms with van der Waals surface area (Å²) >= 11 is 0. The van der Waals surface area contributed by atoms with Crippen molar-refractivity contribution < 1.29 is 9.90 Å². The molecule has 0 aromatic carbocycles. The number of rotatable bonds is 1. The van der Waals surface area contributed by atoms with Crippen molar-refractivity contribution in [2.75, 3.05) is 0 Å². The van der Waals surface area contributed by atoms with E-state index in [1.165, 1.54) is 25.7 Å². The minimum absolute atomic E-state index is 0.00316. The third-order valence-corrected chi connectivity index (χ3v) is 9.19.